The molecule has 1 amide bonds. The first kappa shape index (κ1) is 21.7. The van der Waals surface area contributed by atoms with E-state index in [4.69, 9.17) is 15.5 Å². The van der Waals surface area contributed by atoms with Gasteiger partial charge in [0, 0.05) is 24.7 Å². The SMILES string of the molecule is CC(C)(C)OC(=O)N1CCC(Nc2nc(N)nc3ccc(-c4ccc(F)cc4)nc23)CC1. The minimum Gasteiger partial charge on any atom is -0.444 e. The highest BCUT2D eigenvalue weighted by Crippen LogP contribution is 2.26. The third-order valence-electron chi connectivity index (χ3n) is 5.19. The number of rotatable bonds is 3. The number of hydrogen-bond donors (Lipinski definition) is 2. The number of aromatic nitrogens is 3. The zero-order chi connectivity index (χ0) is 22.9. The highest BCUT2D eigenvalue weighted by atomic mass is 19.1. The molecule has 3 heterocycles. The summed E-state index contributed by atoms with van der Waals surface area (Å²) in [6.45, 7) is 6.74. The topological polar surface area (TPSA) is 106 Å². The van der Waals surface area contributed by atoms with Crippen LogP contribution < -0.4 is 11.1 Å². The van der Waals surface area contributed by atoms with Crippen LogP contribution >= 0.6 is 0 Å². The number of piperidine rings is 1. The highest BCUT2D eigenvalue weighted by molar-refractivity contribution is 5.88. The van der Waals surface area contributed by atoms with Crippen LogP contribution in [-0.2, 0) is 4.74 Å². The molecule has 0 spiro atoms. The molecule has 0 radical (unpaired) electrons. The van der Waals surface area contributed by atoms with Crippen LogP contribution in [-0.4, -0.2) is 50.7 Å². The number of fused-ring (bicyclic) bond motifs is 1. The molecule has 32 heavy (non-hydrogen) atoms. The van der Waals surface area contributed by atoms with E-state index in [2.05, 4.69) is 15.3 Å². The Morgan fingerprint density at radius 2 is 1.78 bits per heavy atom. The molecule has 0 bridgehead atoms. The van der Waals surface area contributed by atoms with E-state index in [9.17, 15) is 9.18 Å². The van der Waals surface area contributed by atoms with Crippen LogP contribution in [0.1, 0.15) is 33.6 Å². The van der Waals surface area contributed by atoms with E-state index in [1.807, 2.05) is 32.9 Å². The molecule has 0 aliphatic carbocycles. The summed E-state index contributed by atoms with van der Waals surface area (Å²) in [5.74, 6) is 0.403. The van der Waals surface area contributed by atoms with E-state index in [1.165, 1.54) is 12.1 Å². The number of ether oxygens (including phenoxy) is 1. The number of halogens is 1. The number of nitrogens with two attached hydrogens (primary N) is 1. The van der Waals surface area contributed by atoms with Crippen LogP contribution in [0.5, 0.6) is 0 Å². The number of nitrogen functional groups attached to an aromatic ring is 1. The van der Waals surface area contributed by atoms with Gasteiger partial charge in [-0.3, -0.25) is 0 Å². The summed E-state index contributed by atoms with van der Waals surface area (Å²) in [6, 6.07) is 9.92. The molecule has 0 saturated carbocycles. The van der Waals surface area contributed by atoms with Gasteiger partial charge in [-0.05, 0) is 70.0 Å². The van der Waals surface area contributed by atoms with Crippen LogP contribution in [0.15, 0.2) is 36.4 Å². The second-order valence-electron chi connectivity index (χ2n) is 8.89. The van der Waals surface area contributed by atoms with Gasteiger partial charge < -0.3 is 20.7 Å². The monoisotopic (exact) mass is 438 g/mol. The summed E-state index contributed by atoms with van der Waals surface area (Å²) < 4.78 is 18.7. The van der Waals surface area contributed by atoms with Crippen LogP contribution in [0, 0.1) is 5.82 Å². The third kappa shape index (κ3) is 5.04. The van der Waals surface area contributed by atoms with Crippen LogP contribution in [0.3, 0.4) is 0 Å². The first-order valence-electron chi connectivity index (χ1n) is 10.6. The predicted octanol–water partition coefficient (Wildman–Crippen LogP) is 4.22. The van der Waals surface area contributed by atoms with Crippen molar-refractivity contribution in [2.45, 2.75) is 45.3 Å². The number of pyridine rings is 1. The Labute approximate surface area is 186 Å². The van der Waals surface area contributed by atoms with Crippen LogP contribution in [0.25, 0.3) is 22.3 Å². The van der Waals surface area contributed by atoms with Gasteiger partial charge >= 0.3 is 6.09 Å². The molecule has 1 aliphatic rings. The minimum absolute atomic E-state index is 0.0995. The van der Waals surface area contributed by atoms with E-state index < -0.39 is 5.60 Å². The van der Waals surface area contributed by atoms with Crippen LogP contribution in [0.4, 0.5) is 21.0 Å². The Kier molecular flexibility index (Phi) is 5.82. The number of nitrogens with one attached hydrogen (secondary N) is 1. The lowest BCUT2D eigenvalue weighted by Gasteiger charge is -2.34. The van der Waals surface area contributed by atoms with Gasteiger partial charge in [-0.1, -0.05) is 0 Å². The lowest BCUT2D eigenvalue weighted by atomic mass is 10.1. The van der Waals surface area contributed by atoms with E-state index in [-0.39, 0.29) is 23.9 Å². The standard InChI is InChI=1S/C23H27FN6O2/c1-23(2,3)32-22(31)30-12-10-16(11-13-30)26-20-19-18(28-21(25)29-20)9-8-17(27-19)14-4-6-15(24)7-5-14/h4-9,16H,10-13H2,1-3H3,(H3,25,26,28,29). The Morgan fingerprint density at radius 3 is 2.44 bits per heavy atom. The fourth-order valence-electron chi connectivity index (χ4n) is 3.64. The molecule has 1 fully saturated rings. The summed E-state index contributed by atoms with van der Waals surface area (Å²) >= 11 is 0. The molecule has 8 nitrogen and oxygen atoms in total. The van der Waals surface area contributed by atoms with Crippen LogP contribution in [0.2, 0.25) is 0 Å². The number of benzene rings is 1. The van der Waals surface area contributed by atoms with Gasteiger partial charge in [0.25, 0.3) is 0 Å². The molecule has 2 aromatic heterocycles. The number of amides is 1. The van der Waals surface area contributed by atoms with Crippen molar-refractivity contribution in [3.05, 3.63) is 42.2 Å². The third-order valence-corrected chi connectivity index (χ3v) is 5.19. The number of anilines is 2. The highest BCUT2D eigenvalue weighted by Gasteiger charge is 2.27. The molecule has 1 aromatic carbocycles. The molecule has 168 valence electrons. The Morgan fingerprint density at radius 1 is 1.09 bits per heavy atom. The largest absolute Gasteiger partial charge is 0.444 e. The van der Waals surface area contributed by atoms with E-state index in [1.54, 1.807) is 17.0 Å². The molecule has 0 atom stereocenters. The minimum atomic E-state index is -0.516. The molecule has 1 saturated heterocycles. The number of hydrogen-bond acceptors (Lipinski definition) is 7. The molecule has 3 aromatic rings. The zero-order valence-electron chi connectivity index (χ0n) is 18.4. The van der Waals surface area contributed by atoms with Gasteiger partial charge in [-0.15, -0.1) is 0 Å². The lowest BCUT2D eigenvalue weighted by molar-refractivity contribution is 0.0210. The van der Waals surface area contributed by atoms with Crippen molar-refractivity contribution in [2.24, 2.45) is 0 Å². The average Bonchev–Trinajstić information content (AvgIpc) is 2.73. The quantitative estimate of drug-likeness (QED) is 0.630. The number of nitrogens with zero attached hydrogens (tertiary/aromatic N) is 4. The summed E-state index contributed by atoms with van der Waals surface area (Å²) in [7, 11) is 0. The Balaban J connectivity index is 1.52. The Hall–Kier alpha value is -3.49. The smallest absolute Gasteiger partial charge is 0.410 e. The van der Waals surface area contributed by atoms with Crippen molar-refractivity contribution in [3.8, 4) is 11.3 Å². The molecule has 9 heteroatoms. The van der Waals surface area contributed by atoms with Crippen molar-refractivity contribution in [3.63, 3.8) is 0 Å². The second kappa shape index (κ2) is 8.57. The number of carbonyl (C=O) groups excluding carboxylic acids is 1. The summed E-state index contributed by atoms with van der Waals surface area (Å²) in [6.07, 6.45) is 1.18. The summed E-state index contributed by atoms with van der Waals surface area (Å²) in [4.78, 5) is 27.4. The first-order chi connectivity index (χ1) is 15.2. The fourth-order valence-corrected chi connectivity index (χ4v) is 3.64. The molecule has 4 rings (SSSR count). The van der Waals surface area contributed by atoms with E-state index in [0.717, 1.165) is 18.4 Å². The second-order valence-corrected chi connectivity index (χ2v) is 8.89. The van der Waals surface area contributed by atoms with Gasteiger partial charge in [0.2, 0.25) is 5.95 Å². The van der Waals surface area contributed by atoms with Gasteiger partial charge in [-0.25, -0.2) is 19.2 Å². The Bertz CT molecular complexity index is 1120. The zero-order valence-corrected chi connectivity index (χ0v) is 18.4. The maximum Gasteiger partial charge on any atom is 0.410 e. The maximum atomic E-state index is 13.3. The summed E-state index contributed by atoms with van der Waals surface area (Å²) in [5.41, 5.74) is 8.10. The maximum absolute atomic E-state index is 13.3. The van der Waals surface area contributed by atoms with Crippen molar-refractivity contribution in [1.82, 2.24) is 19.9 Å². The van der Waals surface area contributed by atoms with Gasteiger partial charge in [0.05, 0.1) is 11.2 Å². The number of carbonyl (C=O) groups is 1. The van der Waals surface area contributed by atoms with E-state index in [0.29, 0.717) is 35.6 Å². The molecule has 0 unspecified atom stereocenters. The van der Waals surface area contributed by atoms with Gasteiger partial charge in [0.1, 0.15) is 16.9 Å². The first-order valence-corrected chi connectivity index (χ1v) is 10.6. The molecular formula is C23H27FN6O2. The summed E-state index contributed by atoms with van der Waals surface area (Å²) in [5, 5.41) is 3.43. The fraction of sp³-hybridized carbons (Fsp3) is 0.391. The normalized spacial score (nSPS) is 15.1. The van der Waals surface area contributed by atoms with Crippen molar-refractivity contribution in [2.75, 3.05) is 24.1 Å². The molecule has 3 N–H and O–H groups in total. The predicted molar refractivity (Wildman–Crippen MR) is 122 cm³/mol. The van der Waals surface area contributed by atoms with E-state index >= 15 is 0 Å². The average molecular weight is 439 g/mol. The van der Waals surface area contributed by atoms with Crippen molar-refractivity contribution >= 4 is 28.9 Å². The van der Waals surface area contributed by atoms with Crippen molar-refractivity contribution < 1.29 is 13.9 Å². The lowest BCUT2D eigenvalue weighted by Crippen LogP contribution is -2.44. The molecule has 1 aliphatic heterocycles. The van der Waals surface area contributed by atoms with Gasteiger partial charge in [0.15, 0.2) is 5.82 Å². The van der Waals surface area contributed by atoms with Gasteiger partial charge in [-0.2, -0.15) is 4.98 Å². The number of likely N-dealkylation sites (tertiary alicyclic amines) is 1. The van der Waals surface area contributed by atoms with Crippen molar-refractivity contribution in [1.29, 1.82) is 0 Å². The molecular weight excluding hydrogens is 411 g/mol.